The molecule has 0 saturated heterocycles. The molecule has 0 radical (unpaired) electrons. The summed E-state index contributed by atoms with van der Waals surface area (Å²) >= 11 is 5.93. The van der Waals surface area contributed by atoms with Crippen LogP contribution in [0.25, 0.3) is 22.3 Å². The second-order valence-electron chi connectivity index (χ2n) is 5.42. The van der Waals surface area contributed by atoms with Crippen LogP contribution in [0.3, 0.4) is 0 Å². The maximum atomic E-state index is 11.4. The number of rotatable bonds is 4. The van der Waals surface area contributed by atoms with Crippen molar-refractivity contribution in [2.45, 2.75) is 6.54 Å². The average Bonchev–Trinajstić information content (AvgIpc) is 3.25. The molecule has 4 rings (SSSR count). The fourth-order valence-corrected chi connectivity index (χ4v) is 2.89. The van der Waals surface area contributed by atoms with Crippen LogP contribution < -0.4 is 0 Å². The maximum Gasteiger partial charge on any atom is 0.204 e. The largest absolute Gasteiger partial charge is 0.342 e. The van der Waals surface area contributed by atoms with Crippen LogP contribution in [0, 0.1) is 0 Å². The van der Waals surface area contributed by atoms with Crippen molar-refractivity contribution in [3.05, 3.63) is 64.8 Å². The van der Waals surface area contributed by atoms with E-state index >= 15 is 0 Å². The summed E-state index contributed by atoms with van der Waals surface area (Å²) in [6.07, 6.45) is 2.72. The fourth-order valence-electron chi connectivity index (χ4n) is 2.76. The average molecular weight is 338 g/mol. The first-order valence-corrected chi connectivity index (χ1v) is 7.69. The maximum absolute atomic E-state index is 11.4. The van der Waals surface area contributed by atoms with Crippen LogP contribution in [-0.2, 0) is 6.54 Å². The number of nitrogens with zero attached hydrogens (tertiary/aromatic N) is 4. The number of fused-ring (bicyclic) bond motifs is 1. The van der Waals surface area contributed by atoms with Gasteiger partial charge in [0.15, 0.2) is 6.29 Å². The highest BCUT2D eigenvalue weighted by Crippen LogP contribution is 2.26. The second-order valence-corrected chi connectivity index (χ2v) is 5.86. The molecule has 24 heavy (non-hydrogen) atoms. The molecule has 2 heterocycles. The molecule has 7 heteroatoms. The minimum Gasteiger partial charge on any atom is -0.342 e. The number of aromatic amines is 1. The zero-order valence-corrected chi connectivity index (χ0v) is 13.2. The Morgan fingerprint density at radius 2 is 2.00 bits per heavy atom. The number of aldehydes is 1. The van der Waals surface area contributed by atoms with Crippen molar-refractivity contribution in [1.82, 2.24) is 25.2 Å². The Morgan fingerprint density at radius 1 is 1.17 bits per heavy atom. The topological polar surface area (TPSA) is 76.5 Å². The van der Waals surface area contributed by atoms with Crippen LogP contribution in [0.15, 0.2) is 48.7 Å². The van der Waals surface area contributed by atoms with Crippen molar-refractivity contribution in [2.24, 2.45) is 0 Å². The minimum atomic E-state index is 0.499. The predicted octanol–water partition coefficient (Wildman–Crippen LogP) is 3.34. The van der Waals surface area contributed by atoms with Crippen LogP contribution in [0.2, 0.25) is 5.02 Å². The third kappa shape index (κ3) is 2.57. The van der Waals surface area contributed by atoms with E-state index in [0.717, 1.165) is 28.3 Å². The molecule has 0 amide bonds. The molecular formula is C17H12ClN5O. The van der Waals surface area contributed by atoms with Gasteiger partial charge in [-0.1, -0.05) is 23.7 Å². The third-order valence-corrected chi connectivity index (χ3v) is 4.16. The Kier molecular flexibility index (Phi) is 3.59. The molecule has 2 aromatic carbocycles. The lowest BCUT2D eigenvalue weighted by Gasteiger charge is -2.06. The van der Waals surface area contributed by atoms with Gasteiger partial charge in [0.1, 0.15) is 0 Å². The van der Waals surface area contributed by atoms with Gasteiger partial charge in [0.2, 0.25) is 5.82 Å². The van der Waals surface area contributed by atoms with Gasteiger partial charge in [-0.15, -0.1) is 10.2 Å². The molecule has 0 fully saturated rings. The summed E-state index contributed by atoms with van der Waals surface area (Å²) in [5.41, 5.74) is 3.52. The predicted molar refractivity (Wildman–Crippen MR) is 91.1 cm³/mol. The van der Waals surface area contributed by atoms with Crippen LogP contribution in [0.5, 0.6) is 0 Å². The van der Waals surface area contributed by atoms with E-state index in [1.54, 1.807) is 0 Å². The molecular weight excluding hydrogens is 326 g/mol. The highest BCUT2D eigenvalue weighted by Gasteiger charge is 2.11. The Bertz CT molecular complexity index is 1010. The van der Waals surface area contributed by atoms with E-state index < -0.39 is 0 Å². The van der Waals surface area contributed by atoms with Crippen molar-refractivity contribution >= 4 is 28.8 Å². The number of benzene rings is 2. The Balaban J connectivity index is 1.79. The SMILES string of the molecule is O=Cc1cn(Cc2ccc(Cl)cc2)c2ccc(-c3nn[nH]n3)cc12. The van der Waals surface area contributed by atoms with Crippen LogP contribution in [-0.4, -0.2) is 31.5 Å². The van der Waals surface area contributed by atoms with Crippen LogP contribution in [0.1, 0.15) is 15.9 Å². The number of carbonyl (C=O) groups is 1. The zero-order chi connectivity index (χ0) is 16.5. The number of H-pyrrole nitrogens is 1. The van der Waals surface area contributed by atoms with Gasteiger partial charge in [-0.3, -0.25) is 4.79 Å². The van der Waals surface area contributed by atoms with E-state index in [4.69, 9.17) is 11.6 Å². The molecule has 0 aliphatic carbocycles. The summed E-state index contributed by atoms with van der Waals surface area (Å²) in [5, 5.41) is 15.5. The van der Waals surface area contributed by atoms with E-state index in [-0.39, 0.29) is 0 Å². The molecule has 4 aromatic rings. The van der Waals surface area contributed by atoms with Gasteiger partial charge in [-0.25, -0.2) is 0 Å². The normalized spacial score (nSPS) is 11.0. The Labute approximate surface area is 142 Å². The first-order chi connectivity index (χ1) is 11.7. The van der Waals surface area contributed by atoms with Gasteiger partial charge in [-0.2, -0.15) is 5.21 Å². The van der Waals surface area contributed by atoms with Crippen LogP contribution in [0.4, 0.5) is 0 Å². The number of nitrogens with one attached hydrogen (secondary N) is 1. The van der Waals surface area contributed by atoms with Gasteiger partial charge >= 0.3 is 0 Å². The zero-order valence-electron chi connectivity index (χ0n) is 12.5. The number of halogens is 1. The van der Waals surface area contributed by atoms with Crippen molar-refractivity contribution in [1.29, 1.82) is 0 Å². The quantitative estimate of drug-likeness (QED) is 0.579. The molecule has 0 saturated carbocycles. The molecule has 6 nitrogen and oxygen atoms in total. The second kappa shape index (κ2) is 5.90. The van der Waals surface area contributed by atoms with E-state index in [1.165, 1.54) is 0 Å². The lowest BCUT2D eigenvalue weighted by atomic mass is 10.1. The van der Waals surface area contributed by atoms with Gasteiger partial charge < -0.3 is 4.57 Å². The van der Waals surface area contributed by atoms with Crippen molar-refractivity contribution in [3.8, 4) is 11.4 Å². The van der Waals surface area contributed by atoms with Crippen molar-refractivity contribution in [2.75, 3.05) is 0 Å². The molecule has 0 unspecified atom stereocenters. The Hall–Kier alpha value is -2.99. The standard InChI is InChI=1S/C17H12ClN5O/c18-14-4-1-11(2-5-14)8-23-9-13(10-24)15-7-12(3-6-16(15)23)17-19-21-22-20-17/h1-7,9-10H,8H2,(H,19,20,21,22). The van der Waals surface area contributed by atoms with E-state index in [0.29, 0.717) is 23.0 Å². The number of carbonyl (C=O) groups excluding carboxylic acids is 1. The molecule has 1 N–H and O–H groups in total. The van der Waals surface area contributed by atoms with Crippen LogP contribution >= 0.6 is 11.6 Å². The van der Waals surface area contributed by atoms with Gasteiger partial charge in [-0.05, 0) is 41.1 Å². The van der Waals surface area contributed by atoms with Gasteiger partial charge in [0.05, 0.1) is 0 Å². The molecule has 0 aliphatic rings. The van der Waals surface area contributed by atoms with E-state index in [1.807, 2.05) is 53.2 Å². The monoisotopic (exact) mass is 337 g/mol. The lowest BCUT2D eigenvalue weighted by molar-refractivity contribution is 0.112. The highest BCUT2D eigenvalue weighted by atomic mass is 35.5. The number of tetrazole rings is 1. The summed E-state index contributed by atoms with van der Waals surface area (Å²) in [4.78, 5) is 11.4. The molecule has 0 atom stereocenters. The van der Waals surface area contributed by atoms with E-state index in [2.05, 4.69) is 20.6 Å². The first kappa shape index (κ1) is 14.6. The summed E-state index contributed by atoms with van der Waals surface area (Å²) in [5.74, 6) is 0.499. The fraction of sp³-hybridized carbons (Fsp3) is 0.0588. The molecule has 0 aliphatic heterocycles. The third-order valence-electron chi connectivity index (χ3n) is 3.91. The lowest BCUT2D eigenvalue weighted by Crippen LogP contribution is -1.97. The Morgan fingerprint density at radius 3 is 2.71 bits per heavy atom. The minimum absolute atomic E-state index is 0.499. The summed E-state index contributed by atoms with van der Waals surface area (Å²) < 4.78 is 2.04. The summed E-state index contributed by atoms with van der Waals surface area (Å²) in [7, 11) is 0. The van der Waals surface area contributed by atoms with Crippen molar-refractivity contribution < 1.29 is 4.79 Å². The molecule has 0 bridgehead atoms. The number of hydrogen-bond acceptors (Lipinski definition) is 4. The summed E-state index contributed by atoms with van der Waals surface area (Å²) in [6.45, 7) is 0.656. The molecule has 0 spiro atoms. The smallest absolute Gasteiger partial charge is 0.204 e. The summed E-state index contributed by atoms with van der Waals surface area (Å²) in [6, 6.07) is 13.5. The van der Waals surface area contributed by atoms with E-state index in [9.17, 15) is 4.79 Å². The number of hydrogen-bond donors (Lipinski definition) is 1. The highest BCUT2D eigenvalue weighted by molar-refractivity contribution is 6.30. The molecule has 118 valence electrons. The van der Waals surface area contributed by atoms with Crippen molar-refractivity contribution in [3.63, 3.8) is 0 Å². The first-order valence-electron chi connectivity index (χ1n) is 7.31. The number of aromatic nitrogens is 5. The van der Waals surface area contributed by atoms with Gasteiger partial charge in [0.25, 0.3) is 0 Å². The molecule has 2 aromatic heterocycles. The van der Waals surface area contributed by atoms with Gasteiger partial charge in [0, 0.05) is 39.8 Å².